The van der Waals surface area contributed by atoms with Crippen molar-refractivity contribution in [1.29, 1.82) is 0 Å². The first-order valence-corrected chi connectivity index (χ1v) is 12.7. The number of ether oxygens (including phenoxy) is 2. The van der Waals surface area contributed by atoms with Crippen LogP contribution < -0.4 is 10.6 Å². The number of carbonyl (C=O) groups is 3. The summed E-state index contributed by atoms with van der Waals surface area (Å²) in [6.45, 7) is 8.07. The molecular formula is C28H39N3O6. The fraction of sp³-hybridized carbons (Fsp3) is 0.464. The molecule has 1 aromatic heterocycles. The van der Waals surface area contributed by atoms with Crippen molar-refractivity contribution in [2.75, 3.05) is 33.0 Å². The predicted molar refractivity (Wildman–Crippen MR) is 143 cm³/mol. The molecule has 0 aliphatic carbocycles. The highest BCUT2D eigenvalue weighted by molar-refractivity contribution is 5.86. The van der Waals surface area contributed by atoms with Gasteiger partial charge in [0.25, 0.3) is 0 Å². The van der Waals surface area contributed by atoms with Crippen LogP contribution in [-0.4, -0.2) is 66.9 Å². The zero-order valence-corrected chi connectivity index (χ0v) is 21.4. The number of carbonyl (C=O) groups excluding carboxylic acids is 3. The summed E-state index contributed by atoms with van der Waals surface area (Å²) in [5, 5.41) is 15.5. The van der Waals surface area contributed by atoms with Gasteiger partial charge in [-0.25, -0.2) is 0 Å². The van der Waals surface area contributed by atoms with E-state index < -0.39 is 12.0 Å². The maximum Gasteiger partial charge on any atom is 0.305 e. The standard InChI is InChI=1S/C28H39N3O6/c1-3-5-6-12-27(34)37-20-23(17-22-19-30-25-11-8-7-10-24(22)25)31-28(35)21(9-4-2)18-26(33)29-13-15-36-16-14-32/h3-4,7-8,10-11,19,21,23,30,32H,1-2,5-6,9,12-18,20H2,(H,29,33)(H,31,35)/t21-,23+/m1/s1. The average molecular weight is 514 g/mol. The largest absolute Gasteiger partial charge is 0.463 e. The number of aromatic nitrogens is 1. The first kappa shape index (κ1) is 29.8. The van der Waals surface area contributed by atoms with Gasteiger partial charge in [0.2, 0.25) is 11.8 Å². The number of hydrogen-bond acceptors (Lipinski definition) is 6. The molecule has 37 heavy (non-hydrogen) atoms. The summed E-state index contributed by atoms with van der Waals surface area (Å²) in [4.78, 5) is 41.0. The van der Waals surface area contributed by atoms with E-state index in [1.54, 1.807) is 12.2 Å². The molecule has 1 aromatic carbocycles. The number of H-pyrrole nitrogens is 1. The Hall–Kier alpha value is -3.43. The van der Waals surface area contributed by atoms with Gasteiger partial charge in [-0.05, 0) is 37.3 Å². The summed E-state index contributed by atoms with van der Waals surface area (Å²) in [6, 6.07) is 7.38. The Balaban J connectivity index is 2.03. The SMILES string of the molecule is C=CCCCC(=O)OC[C@H](Cc1c[nH]c2ccccc12)NC(=O)[C@H](CC=C)CC(=O)NCCOCCO. The second-order valence-corrected chi connectivity index (χ2v) is 8.74. The van der Waals surface area contributed by atoms with Crippen molar-refractivity contribution < 1.29 is 29.0 Å². The summed E-state index contributed by atoms with van der Waals surface area (Å²) < 4.78 is 10.6. The van der Waals surface area contributed by atoms with Gasteiger partial charge >= 0.3 is 5.97 Å². The fourth-order valence-corrected chi connectivity index (χ4v) is 3.90. The lowest BCUT2D eigenvalue weighted by molar-refractivity contribution is -0.145. The van der Waals surface area contributed by atoms with Crippen LogP contribution in [0.25, 0.3) is 10.9 Å². The molecule has 4 N–H and O–H groups in total. The molecule has 1 heterocycles. The number of amides is 2. The lowest BCUT2D eigenvalue weighted by atomic mass is 9.98. The number of rotatable bonds is 19. The first-order chi connectivity index (χ1) is 18.0. The summed E-state index contributed by atoms with van der Waals surface area (Å²) in [5.41, 5.74) is 1.97. The number of esters is 1. The zero-order chi connectivity index (χ0) is 26.9. The molecule has 0 saturated carbocycles. The first-order valence-electron chi connectivity index (χ1n) is 12.7. The van der Waals surface area contributed by atoms with Crippen LogP contribution >= 0.6 is 0 Å². The Bertz CT molecular complexity index is 1020. The molecule has 2 aromatic rings. The van der Waals surface area contributed by atoms with Gasteiger partial charge in [-0.3, -0.25) is 14.4 Å². The van der Waals surface area contributed by atoms with E-state index in [0.717, 1.165) is 22.9 Å². The predicted octanol–water partition coefficient (Wildman–Crippen LogP) is 2.80. The molecule has 0 fully saturated rings. The van der Waals surface area contributed by atoms with E-state index >= 15 is 0 Å². The van der Waals surface area contributed by atoms with Gasteiger partial charge in [-0.1, -0.05) is 30.4 Å². The minimum absolute atomic E-state index is 0.0149. The molecule has 0 radical (unpaired) electrons. The number of benzene rings is 1. The maximum atomic E-state index is 13.2. The Morgan fingerprint density at radius 3 is 2.70 bits per heavy atom. The van der Waals surface area contributed by atoms with Crippen molar-refractivity contribution >= 4 is 28.7 Å². The van der Waals surface area contributed by atoms with Crippen molar-refractivity contribution in [3.05, 3.63) is 61.3 Å². The molecule has 2 atom stereocenters. The van der Waals surface area contributed by atoms with E-state index in [0.29, 0.717) is 19.3 Å². The second kappa shape index (κ2) is 17.1. The van der Waals surface area contributed by atoms with Gasteiger partial charge in [-0.2, -0.15) is 0 Å². The van der Waals surface area contributed by atoms with Crippen molar-refractivity contribution in [3.8, 4) is 0 Å². The minimum Gasteiger partial charge on any atom is -0.463 e. The smallest absolute Gasteiger partial charge is 0.305 e. The van der Waals surface area contributed by atoms with E-state index in [1.807, 2.05) is 30.5 Å². The normalized spacial score (nSPS) is 12.5. The highest BCUT2D eigenvalue weighted by Gasteiger charge is 2.25. The van der Waals surface area contributed by atoms with E-state index in [2.05, 4.69) is 28.8 Å². The topological polar surface area (TPSA) is 130 Å². The molecule has 2 amide bonds. The molecule has 9 heteroatoms. The van der Waals surface area contributed by atoms with Crippen LogP contribution in [-0.2, 0) is 30.3 Å². The van der Waals surface area contributed by atoms with Gasteiger partial charge in [0.05, 0.1) is 31.8 Å². The van der Waals surface area contributed by atoms with Crippen molar-refractivity contribution in [3.63, 3.8) is 0 Å². The molecule has 0 saturated heterocycles. The van der Waals surface area contributed by atoms with Crippen LogP contribution in [0.15, 0.2) is 55.8 Å². The number of nitrogens with one attached hydrogen (secondary N) is 3. The van der Waals surface area contributed by atoms with Gasteiger partial charge in [0, 0.05) is 36.5 Å². The fourth-order valence-electron chi connectivity index (χ4n) is 3.90. The van der Waals surface area contributed by atoms with Crippen LogP contribution in [0.2, 0.25) is 0 Å². The van der Waals surface area contributed by atoms with Gasteiger partial charge in [0.1, 0.15) is 6.61 Å². The zero-order valence-electron chi connectivity index (χ0n) is 21.4. The average Bonchev–Trinajstić information content (AvgIpc) is 3.29. The van der Waals surface area contributed by atoms with Crippen molar-refractivity contribution in [2.24, 2.45) is 5.92 Å². The third-order valence-corrected chi connectivity index (χ3v) is 5.78. The van der Waals surface area contributed by atoms with E-state index in [4.69, 9.17) is 14.6 Å². The third kappa shape index (κ3) is 11.0. The van der Waals surface area contributed by atoms with Crippen molar-refractivity contribution in [2.45, 2.75) is 44.6 Å². The Labute approximate surface area is 218 Å². The van der Waals surface area contributed by atoms with E-state index in [-0.39, 0.29) is 63.6 Å². The van der Waals surface area contributed by atoms with Gasteiger partial charge in [-0.15, -0.1) is 13.2 Å². The summed E-state index contributed by atoms with van der Waals surface area (Å²) in [7, 11) is 0. The summed E-state index contributed by atoms with van der Waals surface area (Å²) >= 11 is 0. The molecule has 0 aliphatic heterocycles. The number of para-hydroxylation sites is 1. The molecule has 0 unspecified atom stereocenters. The lowest BCUT2D eigenvalue weighted by Crippen LogP contribution is -2.44. The maximum absolute atomic E-state index is 13.2. The van der Waals surface area contributed by atoms with Crippen LogP contribution in [0, 0.1) is 5.92 Å². The summed E-state index contributed by atoms with van der Waals surface area (Å²) in [5.74, 6) is -1.54. The molecule has 2 rings (SSSR count). The quantitative estimate of drug-likeness (QED) is 0.130. The van der Waals surface area contributed by atoms with Crippen LogP contribution in [0.5, 0.6) is 0 Å². The van der Waals surface area contributed by atoms with Crippen LogP contribution in [0.4, 0.5) is 0 Å². The number of hydrogen-bond donors (Lipinski definition) is 4. The van der Waals surface area contributed by atoms with Crippen LogP contribution in [0.1, 0.15) is 37.7 Å². The number of fused-ring (bicyclic) bond motifs is 1. The number of aliphatic hydroxyl groups is 1. The molecule has 0 aliphatic rings. The summed E-state index contributed by atoms with van der Waals surface area (Å²) in [6.07, 6.45) is 7.67. The number of unbranched alkanes of at least 4 members (excludes halogenated alkanes) is 1. The highest BCUT2D eigenvalue weighted by Crippen LogP contribution is 2.20. The number of aliphatic hydroxyl groups excluding tert-OH is 1. The van der Waals surface area contributed by atoms with Gasteiger partial charge < -0.3 is 30.2 Å². The third-order valence-electron chi connectivity index (χ3n) is 5.78. The molecule has 0 spiro atoms. The Morgan fingerprint density at radius 1 is 1.14 bits per heavy atom. The van der Waals surface area contributed by atoms with Gasteiger partial charge in [0.15, 0.2) is 0 Å². The second-order valence-electron chi connectivity index (χ2n) is 8.74. The van der Waals surface area contributed by atoms with E-state index in [9.17, 15) is 14.4 Å². The highest BCUT2D eigenvalue weighted by atomic mass is 16.5. The minimum atomic E-state index is -0.621. The van der Waals surface area contributed by atoms with E-state index in [1.165, 1.54) is 0 Å². The number of aromatic amines is 1. The molecule has 0 bridgehead atoms. The molecule has 9 nitrogen and oxygen atoms in total. The molecular weight excluding hydrogens is 474 g/mol. The van der Waals surface area contributed by atoms with Crippen LogP contribution in [0.3, 0.4) is 0 Å². The Kier molecular flexibility index (Phi) is 13.8. The van der Waals surface area contributed by atoms with Crippen molar-refractivity contribution in [1.82, 2.24) is 15.6 Å². The number of allylic oxidation sites excluding steroid dienone is 2. The lowest BCUT2D eigenvalue weighted by Gasteiger charge is -2.22. The molecule has 202 valence electrons. The monoisotopic (exact) mass is 513 g/mol. The Morgan fingerprint density at radius 2 is 1.95 bits per heavy atom.